The maximum absolute atomic E-state index is 6.61. The molecule has 1 atom stereocenters. The van der Waals surface area contributed by atoms with Crippen LogP contribution in [0.2, 0.25) is 0 Å². The first-order valence-electron chi connectivity index (χ1n) is 18.3. The van der Waals surface area contributed by atoms with Crippen LogP contribution in [0.5, 0.6) is 28.9 Å². The number of pyridine rings is 1. The second-order valence-electron chi connectivity index (χ2n) is 16.3. The number of aliphatic imine (C=N–C) groups is 3. The second-order valence-corrected chi connectivity index (χ2v) is 16.3. The number of fused-ring (bicyclic) bond motifs is 4. The van der Waals surface area contributed by atoms with E-state index in [-0.39, 0.29) is 21.7 Å². The number of dihydropyridines is 1. The lowest BCUT2D eigenvalue weighted by Crippen LogP contribution is -2.27. The molecule has 1 unspecified atom stereocenters. The predicted octanol–water partition coefficient (Wildman–Crippen LogP) is 10.2. The van der Waals surface area contributed by atoms with E-state index in [0.717, 1.165) is 32.1 Å². The van der Waals surface area contributed by atoms with E-state index in [9.17, 15) is 0 Å². The summed E-state index contributed by atoms with van der Waals surface area (Å²) in [4.78, 5) is 18.3. The van der Waals surface area contributed by atoms with E-state index in [0.29, 0.717) is 53.1 Å². The number of allylic oxidation sites excluding steroid dienone is 3. The molecule has 3 aromatic rings. The summed E-state index contributed by atoms with van der Waals surface area (Å²) in [6.07, 6.45) is 21.9. The molecule has 3 aliphatic heterocycles. The Bertz CT molecular complexity index is 2130. The van der Waals surface area contributed by atoms with Crippen LogP contribution in [0.25, 0.3) is 0 Å². The van der Waals surface area contributed by atoms with Crippen LogP contribution in [0.4, 0.5) is 0 Å². The zero-order valence-electron chi connectivity index (χ0n) is 30.9. The summed E-state index contributed by atoms with van der Waals surface area (Å²) in [5.74, 6) is 4.75. The highest BCUT2D eigenvalue weighted by Gasteiger charge is 2.57. The van der Waals surface area contributed by atoms with Gasteiger partial charge < -0.3 is 18.9 Å². The smallest absolute Gasteiger partial charge is 0.219 e. The van der Waals surface area contributed by atoms with E-state index >= 15 is 0 Å². The van der Waals surface area contributed by atoms with E-state index in [1.807, 2.05) is 42.8 Å². The number of hydrogen-bond acceptors (Lipinski definition) is 8. The molecule has 0 N–H and O–H groups in total. The molecule has 0 amide bonds. The Morgan fingerprint density at radius 1 is 0.615 bits per heavy atom. The van der Waals surface area contributed by atoms with E-state index < -0.39 is 0 Å². The summed E-state index contributed by atoms with van der Waals surface area (Å²) in [6, 6.07) is 14.4. The van der Waals surface area contributed by atoms with E-state index in [2.05, 4.69) is 110 Å². The van der Waals surface area contributed by atoms with E-state index in [1.54, 1.807) is 6.20 Å². The summed E-state index contributed by atoms with van der Waals surface area (Å²) >= 11 is 0. The zero-order valence-corrected chi connectivity index (χ0v) is 30.9. The third-order valence-corrected chi connectivity index (χ3v) is 10.7. The summed E-state index contributed by atoms with van der Waals surface area (Å²) in [7, 11) is 0. The van der Waals surface area contributed by atoms with Gasteiger partial charge in [-0.3, -0.25) is 4.99 Å². The predicted molar refractivity (Wildman–Crippen MR) is 207 cm³/mol. The Balaban J connectivity index is 1.28. The SMILES string of the molecule is CC1(C)C=CN=C(Oc2cc3c(cc2OC2=NCCC=C2)C2(CC3(C)C)CC(C)(C)c3cc(OC4=NC=CCC4)c(Oc4ccccn4)cc32)C=C1. The maximum atomic E-state index is 6.61. The van der Waals surface area contributed by atoms with Crippen molar-refractivity contribution in [3.05, 3.63) is 120 Å². The minimum Gasteiger partial charge on any atom is -0.439 e. The minimum atomic E-state index is -0.336. The molecule has 2 aromatic carbocycles. The number of aromatic nitrogens is 1. The zero-order chi connectivity index (χ0) is 36.1. The van der Waals surface area contributed by atoms with Crippen molar-refractivity contribution >= 4 is 17.7 Å². The molecule has 4 heterocycles. The lowest BCUT2D eigenvalue weighted by atomic mass is 9.72. The van der Waals surface area contributed by atoms with Crippen molar-refractivity contribution in [1.29, 1.82) is 0 Å². The van der Waals surface area contributed by atoms with E-state index in [1.165, 1.54) is 22.3 Å². The van der Waals surface area contributed by atoms with Crippen LogP contribution >= 0.6 is 0 Å². The van der Waals surface area contributed by atoms with Crippen molar-refractivity contribution in [2.75, 3.05) is 6.54 Å². The summed E-state index contributed by atoms with van der Waals surface area (Å²) in [5, 5.41) is 0. The van der Waals surface area contributed by atoms with Gasteiger partial charge in [0.2, 0.25) is 17.7 Å². The molecular weight excluding hydrogens is 649 g/mol. The van der Waals surface area contributed by atoms with Crippen molar-refractivity contribution in [1.82, 2.24) is 4.98 Å². The second kappa shape index (κ2) is 12.8. The lowest BCUT2D eigenvalue weighted by molar-refractivity contribution is 0.349. The molecule has 1 spiro atoms. The van der Waals surface area contributed by atoms with Gasteiger partial charge in [0.15, 0.2) is 28.9 Å². The van der Waals surface area contributed by atoms with Crippen molar-refractivity contribution < 1.29 is 18.9 Å². The van der Waals surface area contributed by atoms with Gasteiger partial charge in [0, 0.05) is 48.5 Å². The standard InChI is InChI=1S/C44H46N4O4/c1-41(2)17-16-40(48-22-18-41)52-34-24-30-32(26-36(34)51-39-15-9-12-21-47-39)44(28-43(30,5)6)27-42(3,4)29-23-33(49-37-13-7-10-19-45-37)35(25-31(29)44)50-38-14-8-11-20-46-38/h8-11,14-20,22-26H,7,12-13,21,27-28H2,1-6H3. The van der Waals surface area contributed by atoms with Gasteiger partial charge in [0.1, 0.15) is 0 Å². The molecule has 266 valence electrons. The van der Waals surface area contributed by atoms with Gasteiger partial charge in [0.05, 0.1) is 0 Å². The van der Waals surface area contributed by atoms with Crippen LogP contribution in [0.1, 0.15) is 95.9 Å². The first kappa shape index (κ1) is 33.9. The average Bonchev–Trinajstić information content (AvgIpc) is 3.36. The van der Waals surface area contributed by atoms with Gasteiger partial charge in [-0.15, -0.1) is 0 Å². The van der Waals surface area contributed by atoms with Gasteiger partial charge in [0.25, 0.3) is 0 Å². The highest BCUT2D eigenvalue weighted by atomic mass is 16.5. The Hall–Kier alpha value is -5.24. The number of hydrogen-bond donors (Lipinski definition) is 0. The van der Waals surface area contributed by atoms with Crippen LogP contribution in [0, 0.1) is 5.41 Å². The molecule has 0 bridgehead atoms. The van der Waals surface area contributed by atoms with Crippen molar-refractivity contribution in [3.63, 3.8) is 0 Å². The molecule has 52 heavy (non-hydrogen) atoms. The first-order chi connectivity index (χ1) is 24.9. The Labute approximate surface area is 306 Å². The van der Waals surface area contributed by atoms with Gasteiger partial charge in [-0.05, 0) is 101 Å². The summed E-state index contributed by atoms with van der Waals surface area (Å²) in [6.45, 7) is 14.3. The average molecular weight is 695 g/mol. The van der Waals surface area contributed by atoms with Crippen LogP contribution in [0.15, 0.2) is 112 Å². The van der Waals surface area contributed by atoms with Crippen LogP contribution in [0.3, 0.4) is 0 Å². The van der Waals surface area contributed by atoms with Crippen molar-refractivity contribution in [2.24, 2.45) is 20.4 Å². The highest BCUT2D eigenvalue weighted by molar-refractivity contribution is 5.93. The molecule has 8 heteroatoms. The molecule has 1 aromatic heterocycles. The van der Waals surface area contributed by atoms with Crippen LogP contribution in [-0.4, -0.2) is 29.2 Å². The molecule has 5 aliphatic rings. The number of rotatable bonds is 5. The van der Waals surface area contributed by atoms with E-state index in [4.69, 9.17) is 18.9 Å². The van der Waals surface area contributed by atoms with Crippen LogP contribution in [-0.2, 0) is 16.2 Å². The first-order valence-corrected chi connectivity index (χ1v) is 18.3. The highest BCUT2D eigenvalue weighted by Crippen LogP contribution is 2.65. The fourth-order valence-electron chi connectivity index (χ4n) is 8.37. The Morgan fingerprint density at radius 2 is 1.29 bits per heavy atom. The molecule has 2 aliphatic carbocycles. The number of ether oxygens (including phenoxy) is 4. The minimum absolute atomic E-state index is 0.129. The molecular formula is C44H46N4O4. The quantitative estimate of drug-likeness (QED) is 0.265. The summed E-state index contributed by atoms with van der Waals surface area (Å²) in [5.41, 5.74) is 4.10. The van der Waals surface area contributed by atoms with Gasteiger partial charge in [-0.25, -0.2) is 15.0 Å². The largest absolute Gasteiger partial charge is 0.439 e. The number of benzene rings is 2. The Morgan fingerprint density at radius 3 is 1.92 bits per heavy atom. The molecule has 0 saturated heterocycles. The lowest BCUT2D eigenvalue weighted by Gasteiger charge is -2.31. The van der Waals surface area contributed by atoms with Crippen LogP contribution < -0.4 is 18.9 Å². The number of nitrogens with zero attached hydrogens (tertiary/aromatic N) is 4. The third kappa shape index (κ3) is 6.40. The van der Waals surface area contributed by atoms with Gasteiger partial charge in [-0.1, -0.05) is 71.9 Å². The molecule has 8 rings (SSSR count). The van der Waals surface area contributed by atoms with Gasteiger partial charge >= 0.3 is 0 Å². The van der Waals surface area contributed by atoms with Crippen molar-refractivity contribution in [3.8, 4) is 28.9 Å². The van der Waals surface area contributed by atoms with Crippen molar-refractivity contribution in [2.45, 2.75) is 89.9 Å². The topological polar surface area (TPSA) is 86.9 Å². The third-order valence-electron chi connectivity index (χ3n) is 10.7. The maximum Gasteiger partial charge on any atom is 0.219 e. The fourth-order valence-corrected chi connectivity index (χ4v) is 8.37. The molecule has 0 radical (unpaired) electrons. The molecule has 0 fully saturated rings. The molecule has 8 nitrogen and oxygen atoms in total. The van der Waals surface area contributed by atoms with Gasteiger partial charge in [-0.2, -0.15) is 0 Å². The molecule has 0 saturated carbocycles. The fraction of sp³-hybridized carbons (Fsp3) is 0.364. The monoisotopic (exact) mass is 694 g/mol. The summed E-state index contributed by atoms with van der Waals surface area (Å²) < 4.78 is 26.3. The normalized spacial score (nSPS) is 22.9. The Kier molecular flexibility index (Phi) is 8.31.